The van der Waals surface area contributed by atoms with Crippen molar-refractivity contribution < 1.29 is 0 Å². The van der Waals surface area contributed by atoms with Crippen molar-refractivity contribution in [2.45, 2.75) is 18.8 Å². The third kappa shape index (κ3) is 1.10. The Morgan fingerprint density at radius 2 is 2.08 bits per heavy atom. The first-order valence-electron chi connectivity index (χ1n) is 4.71. The van der Waals surface area contributed by atoms with Crippen LogP contribution in [0.4, 0.5) is 5.69 Å². The van der Waals surface area contributed by atoms with E-state index in [1.54, 1.807) is 0 Å². The van der Waals surface area contributed by atoms with Crippen LogP contribution >= 0.6 is 0 Å². The molecule has 1 aliphatic carbocycles. The van der Waals surface area contributed by atoms with Crippen molar-refractivity contribution in [3.05, 3.63) is 30.0 Å². The summed E-state index contributed by atoms with van der Waals surface area (Å²) >= 11 is 0. The van der Waals surface area contributed by atoms with Crippen molar-refractivity contribution in [2.24, 2.45) is 0 Å². The van der Waals surface area contributed by atoms with Gasteiger partial charge in [-0.2, -0.15) is 0 Å². The van der Waals surface area contributed by atoms with Crippen LogP contribution in [0.5, 0.6) is 0 Å². The summed E-state index contributed by atoms with van der Waals surface area (Å²) in [5, 5.41) is 1.27. The Morgan fingerprint density at radius 3 is 2.85 bits per heavy atom. The molecule has 1 saturated carbocycles. The molecule has 1 heterocycles. The standard InChI is InChI=1S/C11H12N2/c12-9-4-3-8-5-10(7-1-2-7)13-11(8)6-9/h3-7,13H,1-2,12H2. The molecule has 0 atom stereocenters. The lowest BCUT2D eigenvalue weighted by molar-refractivity contribution is 1.06. The fraction of sp³-hybridized carbons (Fsp3) is 0.273. The van der Waals surface area contributed by atoms with E-state index in [-0.39, 0.29) is 0 Å². The molecule has 1 aliphatic rings. The number of nitrogens with two attached hydrogens (primary N) is 1. The van der Waals surface area contributed by atoms with E-state index < -0.39 is 0 Å². The quantitative estimate of drug-likeness (QED) is 0.638. The zero-order valence-corrected chi connectivity index (χ0v) is 7.38. The molecule has 2 aromatic rings. The summed E-state index contributed by atoms with van der Waals surface area (Å²) in [4.78, 5) is 3.42. The molecule has 0 saturated heterocycles. The Labute approximate surface area is 76.8 Å². The number of hydrogen-bond donors (Lipinski definition) is 2. The van der Waals surface area contributed by atoms with Gasteiger partial charge in [0.15, 0.2) is 0 Å². The molecule has 0 bridgehead atoms. The van der Waals surface area contributed by atoms with Crippen molar-refractivity contribution in [1.82, 2.24) is 4.98 Å². The van der Waals surface area contributed by atoms with Gasteiger partial charge in [-0.05, 0) is 42.3 Å². The number of hydrogen-bond acceptors (Lipinski definition) is 1. The molecule has 13 heavy (non-hydrogen) atoms. The van der Waals surface area contributed by atoms with E-state index in [4.69, 9.17) is 5.73 Å². The second kappa shape index (κ2) is 2.28. The van der Waals surface area contributed by atoms with Crippen molar-refractivity contribution in [1.29, 1.82) is 0 Å². The molecular formula is C11H12N2. The maximum absolute atomic E-state index is 5.70. The van der Waals surface area contributed by atoms with E-state index in [1.165, 1.54) is 29.4 Å². The van der Waals surface area contributed by atoms with E-state index in [0.717, 1.165) is 11.6 Å². The van der Waals surface area contributed by atoms with Crippen LogP contribution in [0, 0.1) is 0 Å². The lowest BCUT2D eigenvalue weighted by Crippen LogP contribution is -1.82. The fourth-order valence-electron chi connectivity index (χ4n) is 1.78. The Hall–Kier alpha value is -1.44. The summed E-state index contributed by atoms with van der Waals surface area (Å²) in [5.41, 5.74) is 9.08. The molecule has 3 N–H and O–H groups in total. The zero-order chi connectivity index (χ0) is 8.84. The van der Waals surface area contributed by atoms with Crippen LogP contribution in [0.15, 0.2) is 24.3 Å². The minimum Gasteiger partial charge on any atom is -0.399 e. The van der Waals surface area contributed by atoms with E-state index >= 15 is 0 Å². The Kier molecular flexibility index (Phi) is 1.23. The lowest BCUT2D eigenvalue weighted by atomic mass is 10.2. The van der Waals surface area contributed by atoms with Crippen molar-refractivity contribution in [3.63, 3.8) is 0 Å². The molecule has 2 nitrogen and oxygen atoms in total. The smallest absolute Gasteiger partial charge is 0.0476 e. The highest BCUT2D eigenvalue weighted by atomic mass is 14.7. The number of H-pyrrole nitrogens is 1. The molecule has 3 rings (SSSR count). The van der Waals surface area contributed by atoms with Crippen molar-refractivity contribution >= 4 is 16.6 Å². The average Bonchev–Trinajstić information content (AvgIpc) is 2.87. The maximum atomic E-state index is 5.70. The number of aromatic amines is 1. The first-order chi connectivity index (χ1) is 6.33. The third-order valence-corrected chi connectivity index (χ3v) is 2.68. The molecule has 0 unspecified atom stereocenters. The van der Waals surface area contributed by atoms with Gasteiger partial charge in [-0.3, -0.25) is 0 Å². The fourth-order valence-corrected chi connectivity index (χ4v) is 1.78. The molecule has 1 aromatic heterocycles. The second-order valence-electron chi connectivity index (χ2n) is 3.85. The predicted octanol–water partition coefficient (Wildman–Crippen LogP) is 2.63. The summed E-state index contributed by atoms with van der Waals surface area (Å²) < 4.78 is 0. The van der Waals surface area contributed by atoms with Crippen LogP contribution in [-0.2, 0) is 0 Å². The van der Waals surface area contributed by atoms with Gasteiger partial charge in [-0.25, -0.2) is 0 Å². The van der Waals surface area contributed by atoms with Crippen LogP contribution in [0.25, 0.3) is 10.9 Å². The molecular weight excluding hydrogens is 160 g/mol. The van der Waals surface area contributed by atoms with Crippen LogP contribution in [0.3, 0.4) is 0 Å². The normalized spacial score (nSPS) is 16.6. The maximum Gasteiger partial charge on any atom is 0.0476 e. The van der Waals surface area contributed by atoms with E-state index in [2.05, 4.69) is 17.1 Å². The SMILES string of the molecule is Nc1ccc2cc(C3CC3)[nH]c2c1. The second-order valence-corrected chi connectivity index (χ2v) is 3.85. The third-order valence-electron chi connectivity index (χ3n) is 2.68. The summed E-state index contributed by atoms with van der Waals surface area (Å²) in [6, 6.07) is 8.27. The van der Waals surface area contributed by atoms with Crippen LogP contribution < -0.4 is 5.73 Å². The number of anilines is 1. The van der Waals surface area contributed by atoms with Gasteiger partial charge in [0, 0.05) is 16.9 Å². The average molecular weight is 172 g/mol. The van der Waals surface area contributed by atoms with E-state index in [9.17, 15) is 0 Å². The number of benzene rings is 1. The minimum atomic E-state index is 0.786. The Bertz CT molecular complexity index is 452. The number of nitrogens with one attached hydrogen (secondary N) is 1. The molecule has 2 heteroatoms. The number of nitrogen functional groups attached to an aromatic ring is 1. The van der Waals surface area contributed by atoms with Crippen LogP contribution in [-0.4, -0.2) is 4.98 Å². The lowest BCUT2D eigenvalue weighted by Gasteiger charge is -1.91. The molecule has 1 fully saturated rings. The Balaban J connectivity index is 2.20. The molecule has 0 aliphatic heterocycles. The monoisotopic (exact) mass is 172 g/mol. The summed E-state index contributed by atoms with van der Waals surface area (Å²) in [6.07, 6.45) is 2.67. The molecule has 66 valence electrons. The highest BCUT2D eigenvalue weighted by molar-refractivity contribution is 5.83. The largest absolute Gasteiger partial charge is 0.399 e. The van der Waals surface area contributed by atoms with Gasteiger partial charge in [-0.1, -0.05) is 6.07 Å². The van der Waals surface area contributed by atoms with Gasteiger partial charge in [0.25, 0.3) is 0 Å². The Morgan fingerprint density at radius 1 is 1.23 bits per heavy atom. The summed E-state index contributed by atoms with van der Waals surface area (Å²) in [6.45, 7) is 0. The molecule has 0 spiro atoms. The first-order valence-corrected chi connectivity index (χ1v) is 4.71. The van der Waals surface area contributed by atoms with Crippen molar-refractivity contribution in [3.8, 4) is 0 Å². The van der Waals surface area contributed by atoms with Crippen LogP contribution in [0.1, 0.15) is 24.5 Å². The van der Waals surface area contributed by atoms with E-state index in [0.29, 0.717) is 0 Å². The van der Waals surface area contributed by atoms with Crippen LogP contribution in [0.2, 0.25) is 0 Å². The molecule has 0 radical (unpaired) electrons. The molecule has 0 amide bonds. The first kappa shape index (κ1) is 7.01. The molecule has 1 aromatic carbocycles. The zero-order valence-electron chi connectivity index (χ0n) is 7.38. The van der Waals surface area contributed by atoms with Crippen molar-refractivity contribution in [2.75, 3.05) is 5.73 Å². The predicted molar refractivity (Wildman–Crippen MR) is 54.7 cm³/mol. The highest BCUT2D eigenvalue weighted by Crippen LogP contribution is 2.40. The topological polar surface area (TPSA) is 41.8 Å². The highest BCUT2D eigenvalue weighted by Gasteiger charge is 2.24. The van der Waals surface area contributed by atoms with Gasteiger partial charge in [0.05, 0.1) is 0 Å². The van der Waals surface area contributed by atoms with E-state index in [1.807, 2.05) is 12.1 Å². The number of rotatable bonds is 1. The summed E-state index contributed by atoms with van der Waals surface area (Å²) in [7, 11) is 0. The van der Waals surface area contributed by atoms with Gasteiger partial charge in [0.2, 0.25) is 0 Å². The number of aromatic nitrogens is 1. The summed E-state index contributed by atoms with van der Waals surface area (Å²) in [5.74, 6) is 0.786. The minimum absolute atomic E-state index is 0.786. The van der Waals surface area contributed by atoms with Gasteiger partial charge in [0.1, 0.15) is 0 Å². The number of fused-ring (bicyclic) bond motifs is 1. The van der Waals surface area contributed by atoms with Gasteiger partial charge in [-0.15, -0.1) is 0 Å². The van der Waals surface area contributed by atoms with Gasteiger partial charge < -0.3 is 10.7 Å². The van der Waals surface area contributed by atoms with Gasteiger partial charge >= 0.3 is 0 Å².